The highest BCUT2D eigenvalue weighted by Gasteiger charge is 2.18. The van der Waals surface area contributed by atoms with Crippen LogP contribution in [-0.4, -0.2) is 52.9 Å². The molecule has 0 aromatic carbocycles. The number of ether oxygens (including phenoxy) is 1. The average molecular weight is 477 g/mol. The molecule has 0 atom stereocenters. The molecule has 8 heteroatoms. The normalized spacial score (nSPS) is 14.8. The van der Waals surface area contributed by atoms with Crippen LogP contribution in [0, 0.1) is 0 Å². The first-order valence-corrected chi connectivity index (χ1v) is 9.25. The minimum Gasteiger partial charge on any atom is -0.462 e. The van der Waals surface area contributed by atoms with Gasteiger partial charge >= 0.3 is 5.97 Å². The molecule has 0 spiro atoms. The van der Waals surface area contributed by atoms with E-state index in [2.05, 4.69) is 20.3 Å². The Balaban J connectivity index is 0.00000338. The fourth-order valence-corrected chi connectivity index (χ4v) is 3.03. The lowest BCUT2D eigenvalue weighted by Gasteiger charge is -2.21. The SMILES string of the molecule is CCNC(=NCCCC(=O)OC1CCCC1)N(C)Cc1cnn(C)c1.I. The van der Waals surface area contributed by atoms with Gasteiger partial charge in [-0.3, -0.25) is 14.5 Å². The van der Waals surface area contributed by atoms with E-state index in [0.29, 0.717) is 19.4 Å². The maximum atomic E-state index is 11.8. The maximum Gasteiger partial charge on any atom is 0.306 e. The summed E-state index contributed by atoms with van der Waals surface area (Å²) in [5, 5.41) is 7.48. The molecule has 7 nitrogen and oxygen atoms in total. The van der Waals surface area contributed by atoms with Gasteiger partial charge in [-0.2, -0.15) is 5.10 Å². The lowest BCUT2D eigenvalue weighted by Crippen LogP contribution is -2.38. The minimum absolute atomic E-state index is 0. The number of hydrogen-bond donors (Lipinski definition) is 1. The molecule has 1 N–H and O–H groups in total. The Morgan fingerprint density at radius 2 is 2.19 bits per heavy atom. The summed E-state index contributed by atoms with van der Waals surface area (Å²) in [5.41, 5.74) is 1.13. The second-order valence-electron chi connectivity index (χ2n) is 6.61. The first kappa shape index (κ1) is 22.7. The minimum atomic E-state index is -0.0872. The number of hydrogen-bond acceptors (Lipinski definition) is 4. The smallest absolute Gasteiger partial charge is 0.306 e. The summed E-state index contributed by atoms with van der Waals surface area (Å²) in [6, 6.07) is 0. The van der Waals surface area contributed by atoms with Gasteiger partial charge in [0.15, 0.2) is 5.96 Å². The zero-order valence-corrected chi connectivity index (χ0v) is 18.4. The van der Waals surface area contributed by atoms with Crippen molar-refractivity contribution in [3.05, 3.63) is 18.0 Å². The predicted molar refractivity (Wildman–Crippen MR) is 114 cm³/mol. The van der Waals surface area contributed by atoms with Crippen LogP contribution in [0.5, 0.6) is 0 Å². The second kappa shape index (κ2) is 12.1. The van der Waals surface area contributed by atoms with Gasteiger partial charge in [-0.05, 0) is 39.0 Å². The van der Waals surface area contributed by atoms with Crippen LogP contribution in [0.4, 0.5) is 0 Å². The number of carbonyl (C=O) groups is 1. The number of nitrogens with one attached hydrogen (secondary N) is 1. The summed E-state index contributed by atoms with van der Waals surface area (Å²) in [4.78, 5) is 18.5. The molecule has 1 heterocycles. The largest absolute Gasteiger partial charge is 0.462 e. The molecular formula is C18H32IN5O2. The molecule has 0 radical (unpaired) electrons. The highest BCUT2D eigenvalue weighted by atomic mass is 127. The van der Waals surface area contributed by atoms with Gasteiger partial charge in [0.25, 0.3) is 0 Å². The van der Waals surface area contributed by atoms with Crippen LogP contribution in [0.3, 0.4) is 0 Å². The number of aryl methyl sites for hydroxylation is 1. The summed E-state index contributed by atoms with van der Waals surface area (Å²) < 4.78 is 7.27. The number of rotatable bonds is 8. The van der Waals surface area contributed by atoms with Gasteiger partial charge in [-0.1, -0.05) is 0 Å². The topological polar surface area (TPSA) is 71.8 Å². The lowest BCUT2D eigenvalue weighted by atomic mass is 10.3. The van der Waals surface area contributed by atoms with Crippen molar-refractivity contribution in [3.8, 4) is 0 Å². The zero-order valence-electron chi connectivity index (χ0n) is 16.1. The number of carbonyl (C=O) groups excluding carboxylic acids is 1. The average Bonchev–Trinajstić information content (AvgIpc) is 3.22. The monoisotopic (exact) mass is 477 g/mol. The molecule has 1 aliphatic carbocycles. The molecule has 1 fully saturated rings. The molecule has 148 valence electrons. The Bertz CT molecular complexity index is 570. The van der Waals surface area contributed by atoms with Crippen LogP contribution in [0.1, 0.15) is 51.0 Å². The van der Waals surface area contributed by atoms with Gasteiger partial charge in [-0.25, -0.2) is 0 Å². The van der Waals surface area contributed by atoms with E-state index in [0.717, 1.165) is 37.5 Å². The van der Waals surface area contributed by atoms with E-state index in [9.17, 15) is 4.79 Å². The van der Waals surface area contributed by atoms with Crippen LogP contribution in [-0.2, 0) is 23.1 Å². The number of halogens is 1. The molecule has 26 heavy (non-hydrogen) atoms. The first-order valence-electron chi connectivity index (χ1n) is 9.25. The summed E-state index contributed by atoms with van der Waals surface area (Å²) in [5.74, 6) is 0.756. The van der Waals surface area contributed by atoms with Gasteiger partial charge in [0.2, 0.25) is 0 Å². The standard InChI is InChI=1S/C18H31N5O2.HI/c1-4-19-18(22(2)13-15-12-21-23(3)14-15)20-11-7-10-17(24)25-16-8-5-6-9-16;/h12,14,16H,4-11,13H2,1-3H3,(H,19,20);1H. The van der Waals surface area contributed by atoms with Crippen LogP contribution in [0.2, 0.25) is 0 Å². The maximum absolute atomic E-state index is 11.8. The predicted octanol–water partition coefficient (Wildman–Crippen LogP) is 2.70. The summed E-state index contributed by atoms with van der Waals surface area (Å²) in [7, 11) is 3.91. The van der Waals surface area contributed by atoms with E-state index in [-0.39, 0.29) is 36.0 Å². The van der Waals surface area contributed by atoms with Crippen molar-refractivity contribution in [1.82, 2.24) is 20.0 Å². The quantitative estimate of drug-likeness (QED) is 0.205. The number of guanidine groups is 1. The van der Waals surface area contributed by atoms with Crippen molar-refractivity contribution in [2.45, 2.75) is 58.1 Å². The first-order chi connectivity index (χ1) is 12.1. The molecule has 0 unspecified atom stereocenters. The van der Waals surface area contributed by atoms with Gasteiger partial charge in [0.1, 0.15) is 6.10 Å². The van der Waals surface area contributed by atoms with Crippen LogP contribution in [0.25, 0.3) is 0 Å². The number of aliphatic imine (C=N–C) groups is 1. The molecule has 1 saturated carbocycles. The Kier molecular flexibility index (Phi) is 10.6. The van der Waals surface area contributed by atoms with Crippen molar-refractivity contribution in [2.75, 3.05) is 20.1 Å². The van der Waals surface area contributed by atoms with E-state index in [1.165, 1.54) is 12.8 Å². The van der Waals surface area contributed by atoms with Gasteiger partial charge in [0.05, 0.1) is 6.20 Å². The molecular weight excluding hydrogens is 445 g/mol. The summed E-state index contributed by atoms with van der Waals surface area (Å²) in [6.07, 6.45) is 9.56. The Morgan fingerprint density at radius 3 is 2.81 bits per heavy atom. The molecule has 0 bridgehead atoms. The molecule has 0 saturated heterocycles. The highest BCUT2D eigenvalue weighted by Crippen LogP contribution is 2.21. The molecule has 2 rings (SSSR count). The Morgan fingerprint density at radius 1 is 1.46 bits per heavy atom. The van der Waals surface area contributed by atoms with Crippen LogP contribution >= 0.6 is 24.0 Å². The van der Waals surface area contributed by atoms with Gasteiger partial charge < -0.3 is 15.0 Å². The Labute approximate surface area is 173 Å². The lowest BCUT2D eigenvalue weighted by molar-refractivity contribution is -0.148. The van der Waals surface area contributed by atoms with E-state index in [1.54, 1.807) is 4.68 Å². The van der Waals surface area contributed by atoms with Crippen LogP contribution < -0.4 is 5.32 Å². The highest BCUT2D eigenvalue weighted by molar-refractivity contribution is 14.0. The third kappa shape index (κ3) is 7.92. The molecule has 1 aliphatic rings. The van der Waals surface area contributed by atoms with Crippen molar-refractivity contribution >= 4 is 35.9 Å². The molecule has 0 amide bonds. The van der Waals surface area contributed by atoms with Gasteiger partial charge in [0, 0.05) is 51.9 Å². The molecule has 0 aliphatic heterocycles. The Hall–Kier alpha value is -1.32. The van der Waals surface area contributed by atoms with Gasteiger partial charge in [-0.15, -0.1) is 24.0 Å². The van der Waals surface area contributed by atoms with Crippen molar-refractivity contribution in [2.24, 2.45) is 12.0 Å². The number of aromatic nitrogens is 2. The fourth-order valence-electron chi connectivity index (χ4n) is 3.03. The second-order valence-corrected chi connectivity index (χ2v) is 6.61. The van der Waals surface area contributed by atoms with E-state index in [1.807, 2.05) is 33.4 Å². The molecule has 1 aromatic rings. The van der Waals surface area contributed by atoms with Crippen molar-refractivity contribution < 1.29 is 9.53 Å². The third-order valence-electron chi connectivity index (χ3n) is 4.28. The fraction of sp³-hybridized carbons (Fsp3) is 0.722. The van der Waals surface area contributed by atoms with Crippen molar-refractivity contribution in [1.29, 1.82) is 0 Å². The molecule has 1 aromatic heterocycles. The third-order valence-corrected chi connectivity index (χ3v) is 4.28. The number of nitrogens with zero attached hydrogens (tertiary/aromatic N) is 4. The van der Waals surface area contributed by atoms with E-state index in [4.69, 9.17) is 4.74 Å². The summed E-state index contributed by atoms with van der Waals surface area (Å²) in [6.45, 7) is 4.20. The zero-order chi connectivity index (χ0) is 18.1. The number of esters is 1. The summed E-state index contributed by atoms with van der Waals surface area (Å²) >= 11 is 0. The van der Waals surface area contributed by atoms with Crippen LogP contribution in [0.15, 0.2) is 17.4 Å². The van der Waals surface area contributed by atoms with E-state index >= 15 is 0 Å². The van der Waals surface area contributed by atoms with Crippen molar-refractivity contribution in [3.63, 3.8) is 0 Å². The van der Waals surface area contributed by atoms with E-state index < -0.39 is 0 Å².